The maximum Gasteiger partial charge on any atom is 0.253 e. The number of rotatable bonds is 6. The second-order valence-electron chi connectivity index (χ2n) is 8.36. The molecule has 0 unspecified atom stereocenters. The van der Waals surface area contributed by atoms with Crippen molar-refractivity contribution in [3.8, 4) is 0 Å². The van der Waals surface area contributed by atoms with Crippen LogP contribution in [0.1, 0.15) is 43.7 Å². The van der Waals surface area contributed by atoms with E-state index in [2.05, 4.69) is 5.32 Å². The molecule has 1 N–H and O–H groups in total. The first kappa shape index (κ1) is 22.3. The molecule has 0 saturated heterocycles. The number of amides is 2. The monoisotopic (exact) mass is 475 g/mol. The zero-order chi connectivity index (χ0) is 23.5. The third-order valence-electron chi connectivity index (χ3n) is 5.99. The van der Waals surface area contributed by atoms with E-state index in [0.29, 0.717) is 0 Å². The average molecular weight is 476 g/mol. The quantitative estimate of drug-likeness (QED) is 0.459. The molecule has 2 aliphatic rings. The van der Waals surface area contributed by atoms with Gasteiger partial charge in [-0.25, -0.2) is 5.01 Å². The smallest absolute Gasteiger partial charge is 0.253 e. The van der Waals surface area contributed by atoms with Crippen LogP contribution >= 0.6 is 11.8 Å². The molecule has 7 nitrogen and oxygen atoms in total. The summed E-state index contributed by atoms with van der Waals surface area (Å²) in [5.74, 6) is 1.69. The van der Waals surface area contributed by atoms with Crippen LogP contribution in [0.3, 0.4) is 0 Å². The fourth-order valence-electron chi connectivity index (χ4n) is 4.54. The molecular weight excluding hydrogens is 450 g/mol. The maximum atomic E-state index is 13.4. The number of benzene rings is 1. The van der Waals surface area contributed by atoms with Gasteiger partial charge in [-0.15, -0.1) is 11.8 Å². The standard InChI is InChI=1S/C26H25N3O4S/c1-17(30)27-19-9-11-21(12-10-19)34-16-24(31)29-26(23-8-4-14-33-23)22-7-2-5-18(25(22)28-29)15-20-6-3-13-32-20/h3-4,6,8-15,22,26H,2,5,7,16H2,1H3,(H,27,30)/b18-15+/t22-,26-/m1/s1. The SMILES string of the molecule is CC(=O)Nc1ccc(SCC(=O)N2N=C3/C(=C/c4ccco4)CCC[C@H]3[C@@H]2c2ccco2)cc1. The van der Waals surface area contributed by atoms with Gasteiger partial charge >= 0.3 is 0 Å². The van der Waals surface area contributed by atoms with Crippen LogP contribution in [0.5, 0.6) is 0 Å². The number of carbonyl (C=O) groups is 2. The molecule has 1 aliphatic carbocycles. The first-order valence-electron chi connectivity index (χ1n) is 11.3. The molecule has 34 heavy (non-hydrogen) atoms. The summed E-state index contributed by atoms with van der Waals surface area (Å²) in [7, 11) is 0. The van der Waals surface area contributed by atoms with E-state index in [1.54, 1.807) is 17.5 Å². The van der Waals surface area contributed by atoms with Crippen molar-refractivity contribution in [3.05, 3.63) is 78.2 Å². The zero-order valence-corrected chi connectivity index (χ0v) is 19.6. The van der Waals surface area contributed by atoms with Crippen molar-refractivity contribution in [2.75, 3.05) is 11.1 Å². The Morgan fingerprint density at radius 1 is 1.15 bits per heavy atom. The summed E-state index contributed by atoms with van der Waals surface area (Å²) in [6.07, 6.45) is 8.20. The summed E-state index contributed by atoms with van der Waals surface area (Å²) < 4.78 is 11.3. The summed E-state index contributed by atoms with van der Waals surface area (Å²) >= 11 is 1.45. The van der Waals surface area contributed by atoms with Crippen LogP contribution < -0.4 is 5.32 Å². The van der Waals surface area contributed by atoms with Crippen molar-refractivity contribution in [1.29, 1.82) is 0 Å². The van der Waals surface area contributed by atoms with Crippen LogP contribution in [-0.4, -0.2) is 28.3 Å². The molecule has 5 rings (SSSR count). The highest BCUT2D eigenvalue weighted by Gasteiger charge is 2.45. The Morgan fingerprint density at radius 3 is 2.65 bits per heavy atom. The van der Waals surface area contributed by atoms with Crippen LogP contribution in [0.25, 0.3) is 6.08 Å². The number of allylic oxidation sites excluding steroid dienone is 1. The highest BCUT2D eigenvalue weighted by Crippen LogP contribution is 2.44. The van der Waals surface area contributed by atoms with Crippen LogP contribution in [0.4, 0.5) is 5.69 Å². The first-order chi connectivity index (χ1) is 16.6. The highest BCUT2D eigenvalue weighted by molar-refractivity contribution is 8.00. The third-order valence-corrected chi connectivity index (χ3v) is 6.99. The van der Waals surface area contributed by atoms with Gasteiger partial charge in [-0.05, 0) is 79.4 Å². The van der Waals surface area contributed by atoms with Gasteiger partial charge in [0.25, 0.3) is 5.91 Å². The molecule has 2 aromatic heterocycles. The number of hydrogen-bond donors (Lipinski definition) is 1. The van der Waals surface area contributed by atoms with Crippen molar-refractivity contribution in [2.24, 2.45) is 11.0 Å². The zero-order valence-electron chi connectivity index (χ0n) is 18.8. The molecule has 0 bridgehead atoms. The van der Waals surface area contributed by atoms with E-state index in [1.165, 1.54) is 18.7 Å². The second-order valence-corrected chi connectivity index (χ2v) is 9.41. The lowest BCUT2D eigenvalue weighted by Crippen LogP contribution is -2.32. The Hall–Kier alpha value is -3.52. The molecular formula is C26H25N3O4S. The van der Waals surface area contributed by atoms with Gasteiger partial charge < -0.3 is 14.2 Å². The highest BCUT2D eigenvalue weighted by atomic mass is 32.2. The third kappa shape index (κ3) is 4.72. The lowest BCUT2D eigenvalue weighted by Gasteiger charge is -2.27. The molecule has 1 aliphatic heterocycles. The molecule has 8 heteroatoms. The number of thioether (sulfide) groups is 1. The van der Waals surface area contributed by atoms with Gasteiger partial charge in [0.1, 0.15) is 17.6 Å². The first-order valence-corrected chi connectivity index (χ1v) is 12.3. The molecule has 174 valence electrons. The van der Waals surface area contributed by atoms with Gasteiger partial charge in [0.15, 0.2) is 0 Å². The van der Waals surface area contributed by atoms with Crippen molar-refractivity contribution < 1.29 is 18.4 Å². The van der Waals surface area contributed by atoms with E-state index in [1.807, 2.05) is 54.6 Å². The van der Waals surface area contributed by atoms with Crippen LogP contribution in [0, 0.1) is 5.92 Å². The predicted octanol–water partition coefficient (Wildman–Crippen LogP) is 5.75. The normalized spacial score (nSPS) is 20.8. The number of nitrogens with one attached hydrogen (secondary N) is 1. The summed E-state index contributed by atoms with van der Waals surface area (Å²) in [4.78, 5) is 25.5. The molecule has 1 aromatic carbocycles. The molecule has 0 radical (unpaired) electrons. The fraction of sp³-hybridized carbons (Fsp3) is 0.269. The summed E-state index contributed by atoms with van der Waals surface area (Å²) in [6.45, 7) is 1.47. The number of hydrazone groups is 1. The average Bonchev–Trinajstić information content (AvgIpc) is 3.59. The van der Waals surface area contributed by atoms with Gasteiger partial charge in [-0.3, -0.25) is 9.59 Å². The van der Waals surface area contributed by atoms with Gasteiger partial charge in [0, 0.05) is 23.4 Å². The number of carbonyl (C=O) groups excluding carboxylic acids is 2. The number of anilines is 1. The summed E-state index contributed by atoms with van der Waals surface area (Å²) in [6, 6.07) is 14.8. The largest absolute Gasteiger partial charge is 0.467 e. The van der Waals surface area contributed by atoms with E-state index in [4.69, 9.17) is 13.9 Å². The molecule has 2 atom stereocenters. The van der Waals surface area contributed by atoms with Crippen molar-refractivity contribution in [1.82, 2.24) is 5.01 Å². The predicted molar refractivity (Wildman–Crippen MR) is 131 cm³/mol. The minimum atomic E-state index is -0.249. The van der Waals surface area contributed by atoms with E-state index >= 15 is 0 Å². The minimum Gasteiger partial charge on any atom is -0.467 e. The van der Waals surface area contributed by atoms with Crippen molar-refractivity contribution in [2.45, 2.75) is 37.1 Å². The van der Waals surface area contributed by atoms with Crippen LogP contribution in [0.15, 0.2) is 85.5 Å². The number of nitrogens with zero attached hydrogens (tertiary/aromatic N) is 2. The maximum absolute atomic E-state index is 13.4. The molecule has 2 amide bonds. The van der Waals surface area contributed by atoms with Gasteiger partial charge in [0.05, 0.1) is 24.0 Å². The van der Waals surface area contributed by atoms with Gasteiger partial charge in [-0.2, -0.15) is 5.10 Å². The Morgan fingerprint density at radius 2 is 1.94 bits per heavy atom. The number of furan rings is 2. The van der Waals surface area contributed by atoms with Crippen molar-refractivity contribution in [3.63, 3.8) is 0 Å². The summed E-state index contributed by atoms with van der Waals surface area (Å²) in [5, 5.41) is 9.20. The molecule has 3 aromatic rings. The topological polar surface area (TPSA) is 88.0 Å². The lowest BCUT2D eigenvalue weighted by atomic mass is 9.79. The second kappa shape index (κ2) is 9.77. The summed E-state index contributed by atoms with van der Waals surface area (Å²) in [5.41, 5.74) is 2.79. The van der Waals surface area contributed by atoms with Crippen molar-refractivity contribution >= 4 is 41.1 Å². The van der Waals surface area contributed by atoms with E-state index < -0.39 is 0 Å². The number of fused-ring (bicyclic) bond motifs is 1. The van der Waals surface area contributed by atoms with Gasteiger partial charge in [0.2, 0.25) is 5.91 Å². The van der Waals surface area contributed by atoms with Crippen LogP contribution in [0.2, 0.25) is 0 Å². The number of hydrogen-bond acceptors (Lipinski definition) is 6. The molecule has 3 heterocycles. The fourth-order valence-corrected chi connectivity index (χ4v) is 5.29. The van der Waals surface area contributed by atoms with E-state index in [9.17, 15) is 9.59 Å². The molecule has 0 spiro atoms. The molecule has 1 saturated carbocycles. The lowest BCUT2D eigenvalue weighted by molar-refractivity contribution is -0.131. The molecule has 1 fully saturated rings. The minimum absolute atomic E-state index is 0.0726. The Bertz CT molecular complexity index is 1210. The van der Waals surface area contributed by atoms with E-state index in [0.717, 1.165) is 52.7 Å². The van der Waals surface area contributed by atoms with Crippen LogP contribution in [-0.2, 0) is 9.59 Å². The Labute approximate surface area is 201 Å². The van der Waals surface area contributed by atoms with Gasteiger partial charge in [-0.1, -0.05) is 0 Å². The Kier molecular flexibility index (Phi) is 6.40. The van der Waals surface area contributed by atoms with E-state index in [-0.39, 0.29) is 29.5 Å². The Balaban J connectivity index is 1.36.